The molecular formula is C19H24N2O2. The van der Waals surface area contributed by atoms with Crippen molar-refractivity contribution in [1.29, 1.82) is 0 Å². The van der Waals surface area contributed by atoms with Crippen molar-refractivity contribution < 1.29 is 9.21 Å². The molecule has 4 rings (SSSR count). The first-order valence-electron chi connectivity index (χ1n) is 8.58. The maximum absolute atomic E-state index is 12.6. The molecule has 23 heavy (non-hydrogen) atoms. The molecule has 0 spiro atoms. The zero-order chi connectivity index (χ0) is 16.0. The van der Waals surface area contributed by atoms with Crippen LogP contribution in [-0.4, -0.2) is 30.4 Å². The van der Waals surface area contributed by atoms with E-state index in [1.807, 2.05) is 4.90 Å². The lowest BCUT2D eigenvalue weighted by atomic mass is 9.90. The van der Waals surface area contributed by atoms with E-state index in [0.29, 0.717) is 13.0 Å². The Hall–Kier alpha value is -1.81. The molecule has 4 nitrogen and oxygen atoms in total. The van der Waals surface area contributed by atoms with Gasteiger partial charge in [0, 0.05) is 24.0 Å². The number of aryl methyl sites for hydroxylation is 2. The van der Waals surface area contributed by atoms with Crippen LogP contribution in [0.2, 0.25) is 0 Å². The summed E-state index contributed by atoms with van der Waals surface area (Å²) in [5.41, 5.74) is 10.7. The van der Waals surface area contributed by atoms with E-state index in [1.54, 1.807) is 6.26 Å². The lowest BCUT2D eigenvalue weighted by Crippen LogP contribution is -2.35. The van der Waals surface area contributed by atoms with Gasteiger partial charge in [-0.2, -0.15) is 0 Å². The predicted octanol–water partition coefficient (Wildman–Crippen LogP) is 2.66. The van der Waals surface area contributed by atoms with Crippen molar-refractivity contribution in [3.8, 4) is 0 Å². The second-order valence-corrected chi connectivity index (χ2v) is 7.49. The number of likely N-dealkylation sites (tertiary alicyclic amines) is 1. The first-order chi connectivity index (χ1) is 11.1. The predicted molar refractivity (Wildman–Crippen MR) is 90.3 cm³/mol. The molecule has 1 aliphatic heterocycles. The second-order valence-electron chi connectivity index (χ2n) is 7.49. The summed E-state index contributed by atoms with van der Waals surface area (Å²) < 4.78 is 5.71. The lowest BCUT2D eigenvalue weighted by Gasteiger charge is -2.22. The Morgan fingerprint density at radius 2 is 2.13 bits per heavy atom. The van der Waals surface area contributed by atoms with Gasteiger partial charge in [-0.05, 0) is 60.9 Å². The molecule has 0 bridgehead atoms. The summed E-state index contributed by atoms with van der Waals surface area (Å²) in [6.45, 7) is 4.39. The number of nitrogens with two attached hydrogens (primary N) is 1. The Bertz CT molecular complexity index is 764. The molecule has 1 saturated heterocycles. The number of hydrogen-bond donors (Lipinski definition) is 1. The number of benzene rings is 1. The first-order valence-corrected chi connectivity index (χ1v) is 8.58. The Morgan fingerprint density at radius 1 is 1.35 bits per heavy atom. The summed E-state index contributed by atoms with van der Waals surface area (Å²) in [4.78, 5) is 14.6. The highest BCUT2D eigenvalue weighted by Crippen LogP contribution is 2.32. The summed E-state index contributed by atoms with van der Waals surface area (Å²) in [7, 11) is 0. The molecule has 4 heteroatoms. The number of furan rings is 1. The van der Waals surface area contributed by atoms with Crippen LogP contribution in [0.5, 0.6) is 0 Å². The molecule has 2 N–H and O–H groups in total. The van der Waals surface area contributed by atoms with Gasteiger partial charge in [0.1, 0.15) is 5.58 Å². The Balaban J connectivity index is 1.55. The minimum Gasteiger partial charge on any atom is -0.464 e. The van der Waals surface area contributed by atoms with Crippen molar-refractivity contribution in [3.63, 3.8) is 0 Å². The fourth-order valence-electron chi connectivity index (χ4n) is 3.96. The van der Waals surface area contributed by atoms with Crippen LogP contribution in [0.25, 0.3) is 11.0 Å². The van der Waals surface area contributed by atoms with Crippen molar-refractivity contribution in [3.05, 3.63) is 35.1 Å². The number of nitrogens with zero attached hydrogens (tertiary/aromatic N) is 1. The third-order valence-electron chi connectivity index (χ3n) is 5.61. The van der Waals surface area contributed by atoms with E-state index in [2.05, 4.69) is 19.1 Å². The van der Waals surface area contributed by atoms with E-state index in [9.17, 15) is 4.79 Å². The largest absolute Gasteiger partial charge is 0.464 e. The van der Waals surface area contributed by atoms with Crippen molar-refractivity contribution in [2.75, 3.05) is 19.6 Å². The SMILES string of the molecule is CC1(CN)CCN(C(=O)Cc2coc3cc4c(cc23)CCC4)C1. The van der Waals surface area contributed by atoms with Gasteiger partial charge in [-0.25, -0.2) is 0 Å². The topological polar surface area (TPSA) is 59.5 Å². The van der Waals surface area contributed by atoms with Gasteiger partial charge in [0.05, 0.1) is 12.7 Å². The smallest absolute Gasteiger partial charge is 0.227 e. The van der Waals surface area contributed by atoms with Crippen molar-refractivity contribution in [2.24, 2.45) is 11.1 Å². The number of hydrogen-bond acceptors (Lipinski definition) is 3. The fourth-order valence-corrected chi connectivity index (χ4v) is 3.96. The van der Waals surface area contributed by atoms with Crippen LogP contribution >= 0.6 is 0 Å². The average Bonchev–Trinajstić information content (AvgIpc) is 3.25. The summed E-state index contributed by atoms with van der Waals surface area (Å²) in [6.07, 6.45) is 6.69. The van der Waals surface area contributed by atoms with E-state index < -0.39 is 0 Å². The van der Waals surface area contributed by atoms with E-state index >= 15 is 0 Å². The second kappa shape index (κ2) is 5.38. The van der Waals surface area contributed by atoms with Crippen LogP contribution in [0.1, 0.15) is 36.5 Å². The van der Waals surface area contributed by atoms with Gasteiger partial charge in [0.15, 0.2) is 0 Å². The Labute approximate surface area is 136 Å². The third kappa shape index (κ3) is 2.55. The Morgan fingerprint density at radius 3 is 2.87 bits per heavy atom. The fraction of sp³-hybridized carbons (Fsp3) is 0.526. The molecule has 2 aliphatic rings. The van der Waals surface area contributed by atoms with Crippen LogP contribution in [0.4, 0.5) is 0 Å². The molecule has 1 atom stereocenters. The molecule has 0 radical (unpaired) electrons. The van der Waals surface area contributed by atoms with Crippen LogP contribution < -0.4 is 5.73 Å². The molecule has 122 valence electrons. The normalized spacial score (nSPS) is 23.7. The van der Waals surface area contributed by atoms with Crippen molar-refractivity contribution in [2.45, 2.75) is 39.0 Å². The number of carbonyl (C=O) groups excluding carboxylic acids is 1. The molecular weight excluding hydrogens is 288 g/mol. The van der Waals surface area contributed by atoms with Crippen LogP contribution in [0.3, 0.4) is 0 Å². The highest BCUT2D eigenvalue weighted by molar-refractivity contribution is 5.88. The summed E-state index contributed by atoms with van der Waals surface area (Å²) >= 11 is 0. The lowest BCUT2D eigenvalue weighted by molar-refractivity contribution is -0.129. The maximum atomic E-state index is 12.6. The summed E-state index contributed by atoms with van der Waals surface area (Å²) in [6, 6.07) is 4.39. The minimum absolute atomic E-state index is 0.0783. The zero-order valence-corrected chi connectivity index (χ0v) is 13.7. The number of amides is 1. The standard InChI is InChI=1S/C19H24N2O2/c1-19(11-20)5-6-21(12-19)18(22)9-15-10-23-17-8-14-4-2-3-13(14)7-16(15)17/h7-8,10H,2-6,9,11-12,20H2,1H3. The third-order valence-corrected chi connectivity index (χ3v) is 5.61. The van der Waals surface area contributed by atoms with Gasteiger partial charge in [-0.15, -0.1) is 0 Å². The van der Waals surface area contributed by atoms with Crippen molar-refractivity contribution in [1.82, 2.24) is 4.90 Å². The molecule has 0 saturated carbocycles. The highest BCUT2D eigenvalue weighted by atomic mass is 16.3. The van der Waals surface area contributed by atoms with Crippen LogP contribution in [0, 0.1) is 5.41 Å². The van der Waals surface area contributed by atoms with E-state index in [4.69, 9.17) is 10.2 Å². The van der Waals surface area contributed by atoms with E-state index in [1.165, 1.54) is 17.5 Å². The quantitative estimate of drug-likeness (QED) is 0.948. The van der Waals surface area contributed by atoms with Crippen LogP contribution in [0.15, 0.2) is 22.8 Å². The van der Waals surface area contributed by atoms with Gasteiger partial charge >= 0.3 is 0 Å². The van der Waals surface area contributed by atoms with Gasteiger partial charge in [0.25, 0.3) is 0 Å². The van der Waals surface area contributed by atoms with E-state index in [0.717, 1.165) is 48.9 Å². The number of carbonyl (C=O) groups is 1. The van der Waals surface area contributed by atoms with E-state index in [-0.39, 0.29) is 11.3 Å². The van der Waals surface area contributed by atoms with Gasteiger partial charge in [-0.3, -0.25) is 4.79 Å². The molecule has 1 fully saturated rings. The maximum Gasteiger partial charge on any atom is 0.227 e. The highest BCUT2D eigenvalue weighted by Gasteiger charge is 2.34. The summed E-state index contributed by atoms with van der Waals surface area (Å²) in [5.74, 6) is 0.186. The van der Waals surface area contributed by atoms with Gasteiger partial charge in [0.2, 0.25) is 5.91 Å². The van der Waals surface area contributed by atoms with Gasteiger partial charge < -0.3 is 15.1 Å². The average molecular weight is 312 g/mol. The molecule has 2 heterocycles. The van der Waals surface area contributed by atoms with Crippen molar-refractivity contribution >= 4 is 16.9 Å². The summed E-state index contributed by atoms with van der Waals surface area (Å²) in [5, 5.41) is 1.11. The molecule has 2 aromatic rings. The number of fused-ring (bicyclic) bond motifs is 2. The monoisotopic (exact) mass is 312 g/mol. The minimum atomic E-state index is 0.0783. The van der Waals surface area contributed by atoms with Crippen LogP contribution in [-0.2, 0) is 24.1 Å². The zero-order valence-electron chi connectivity index (χ0n) is 13.7. The van der Waals surface area contributed by atoms with Gasteiger partial charge in [-0.1, -0.05) is 6.92 Å². The molecule has 1 amide bonds. The first kappa shape index (κ1) is 14.8. The molecule has 1 unspecified atom stereocenters. The molecule has 1 aromatic carbocycles. The molecule has 1 aliphatic carbocycles. The Kier molecular flexibility index (Phi) is 3.45. The number of rotatable bonds is 3. The molecule has 1 aromatic heterocycles.